The van der Waals surface area contributed by atoms with Crippen LogP contribution in [0.25, 0.3) is 0 Å². The predicted molar refractivity (Wildman–Crippen MR) is 98.5 cm³/mol. The van der Waals surface area contributed by atoms with Gasteiger partial charge in [0.05, 0.1) is 12.4 Å². The molecule has 0 heterocycles. The standard InChI is InChI=1S/C19H23NO2S/c1-14-4-8-18(9-5-14)22-10-11-23-13-19(21)20-17-7-6-15(2)16(3)12-17/h4-9,12H,10-11,13H2,1-3H3,(H,20,21). The molecule has 0 aromatic heterocycles. The Kier molecular flexibility index (Phi) is 6.53. The number of ether oxygens (including phenoxy) is 1. The quantitative estimate of drug-likeness (QED) is 0.767. The molecule has 4 heteroatoms. The van der Waals surface area contributed by atoms with Gasteiger partial charge in [-0.3, -0.25) is 4.79 Å². The van der Waals surface area contributed by atoms with E-state index in [1.165, 1.54) is 16.7 Å². The molecule has 0 aliphatic heterocycles. The molecule has 3 nitrogen and oxygen atoms in total. The van der Waals surface area contributed by atoms with Crippen LogP contribution in [0.1, 0.15) is 16.7 Å². The van der Waals surface area contributed by atoms with Gasteiger partial charge in [0.2, 0.25) is 5.91 Å². The van der Waals surface area contributed by atoms with E-state index in [0.717, 1.165) is 17.2 Å². The third-order valence-electron chi connectivity index (χ3n) is 3.54. The summed E-state index contributed by atoms with van der Waals surface area (Å²) >= 11 is 1.57. The first kappa shape index (κ1) is 17.4. The summed E-state index contributed by atoms with van der Waals surface area (Å²) in [4.78, 5) is 11.9. The molecule has 0 bridgehead atoms. The van der Waals surface area contributed by atoms with Crippen molar-refractivity contribution in [1.29, 1.82) is 0 Å². The van der Waals surface area contributed by atoms with E-state index in [0.29, 0.717) is 12.4 Å². The number of aryl methyl sites for hydroxylation is 3. The Morgan fingerprint density at radius 1 is 1.04 bits per heavy atom. The lowest BCUT2D eigenvalue weighted by Crippen LogP contribution is -2.15. The number of benzene rings is 2. The Balaban J connectivity index is 1.64. The molecular formula is C19H23NO2S. The molecule has 0 radical (unpaired) electrons. The number of anilines is 1. The van der Waals surface area contributed by atoms with E-state index in [2.05, 4.69) is 12.2 Å². The lowest BCUT2D eigenvalue weighted by atomic mass is 10.1. The SMILES string of the molecule is Cc1ccc(OCCSCC(=O)Nc2ccc(C)c(C)c2)cc1. The van der Waals surface area contributed by atoms with Gasteiger partial charge in [-0.15, -0.1) is 11.8 Å². The summed E-state index contributed by atoms with van der Waals surface area (Å²) in [5.74, 6) is 2.11. The van der Waals surface area contributed by atoms with Crippen molar-refractivity contribution in [1.82, 2.24) is 0 Å². The van der Waals surface area contributed by atoms with Gasteiger partial charge in [0.1, 0.15) is 5.75 Å². The summed E-state index contributed by atoms with van der Waals surface area (Å²) < 4.78 is 5.64. The lowest BCUT2D eigenvalue weighted by Gasteiger charge is -2.08. The molecule has 0 spiro atoms. The van der Waals surface area contributed by atoms with Crippen LogP contribution >= 0.6 is 11.8 Å². The molecule has 2 aromatic carbocycles. The molecule has 0 saturated carbocycles. The van der Waals surface area contributed by atoms with Crippen LogP contribution in [-0.2, 0) is 4.79 Å². The number of carbonyl (C=O) groups excluding carboxylic acids is 1. The second kappa shape index (κ2) is 8.63. The van der Waals surface area contributed by atoms with E-state index >= 15 is 0 Å². The summed E-state index contributed by atoms with van der Waals surface area (Å²) in [6.45, 7) is 6.76. The van der Waals surface area contributed by atoms with E-state index in [1.54, 1.807) is 11.8 Å². The second-order valence-electron chi connectivity index (χ2n) is 5.56. The number of hydrogen-bond acceptors (Lipinski definition) is 3. The Morgan fingerprint density at radius 3 is 2.48 bits per heavy atom. The monoisotopic (exact) mass is 329 g/mol. The molecule has 1 N–H and O–H groups in total. The molecule has 0 unspecified atom stereocenters. The molecule has 2 rings (SSSR count). The van der Waals surface area contributed by atoms with Crippen LogP contribution in [0.2, 0.25) is 0 Å². The zero-order valence-corrected chi connectivity index (χ0v) is 14.7. The fourth-order valence-electron chi connectivity index (χ4n) is 2.03. The van der Waals surface area contributed by atoms with Crippen LogP contribution in [0.5, 0.6) is 5.75 Å². The summed E-state index contributed by atoms with van der Waals surface area (Å²) in [6, 6.07) is 13.9. The highest BCUT2D eigenvalue weighted by atomic mass is 32.2. The van der Waals surface area contributed by atoms with Gasteiger partial charge in [-0.25, -0.2) is 0 Å². The molecule has 0 aliphatic rings. The van der Waals surface area contributed by atoms with Crippen LogP contribution in [0, 0.1) is 20.8 Å². The number of thioether (sulfide) groups is 1. The van der Waals surface area contributed by atoms with Gasteiger partial charge < -0.3 is 10.1 Å². The average molecular weight is 329 g/mol. The highest BCUT2D eigenvalue weighted by Crippen LogP contribution is 2.15. The molecule has 0 saturated heterocycles. The second-order valence-corrected chi connectivity index (χ2v) is 6.67. The van der Waals surface area contributed by atoms with E-state index in [4.69, 9.17) is 4.74 Å². The Hall–Kier alpha value is -1.94. The summed E-state index contributed by atoms with van der Waals surface area (Å²) in [5.41, 5.74) is 4.48. The minimum absolute atomic E-state index is 0.0218. The van der Waals surface area contributed by atoms with Gasteiger partial charge in [-0.2, -0.15) is 0 Å². The first-order valence-electron chi connectivity index (χ1n) is 7.69. The van der Waals surface area contributed by atoms with Gasteiger partial charge in [0, 0.05) is 11.4 Å². The largest absolute Gasteiger partial charge is 0.493 e. The lowest BCUT2D eigenvalue weighted by molar-refractivity contribution is -0.113. The van der Waals surface area contributed by atoms with Crippen molar-refractivity contribution in [3.05, 3.63) is 59.2 Å². The van der Waals surface area contributed by atoms with Gasteiger partial charge in [0.25, 0.3) is 0 Å². The van der Waals surface area contributed by atoms with Gasteiger partial charge in [-0.1, -0.05) is 23.8 Å². The van der Waals surface area contributed by atoms with Crippen molar-refractivity contribution < 1.29 is 9.53 Å². The molecule has 0 atom stereocenters. The van der Waals surface area contributed by atoms with Crippen LogP contribution in [-0.4, -0.2) is 24.0 Å². The fraction of sp³-hybridized carbons (Fsp3) is 0.316. The average Bonchev–Trinajstić information content (AvgIpc) is 2.52. The molecule has 2 aromatic rings. The third kappa shape index (κ3) is 5.99. The van der Waals surface area contributed by atoms with Crippen molar-refractivity contribution in [2.45, 2.75) is 20.8 Å². The maximum absolute atomic E-state index is 11.9. The minimum Gasteiger partial charge on any atom is -0.493 e. The third-order valence-corrected chi connectivity index (χ3v) is 4.46. The van der Waals surface area contributed by atoms with E-state index < -0.39 is 0 Å². The van der Waals surface area contributed by atoms with Gasteiger partial charge in [0.15, 0.2) is 0 Å². The fourth-order valence-corrected chi connectivity index (χ4v) is 2.64. The van der Waals surface area contributed by atoms with Crippen molar-refractivity contribution in [2.75, 3.05) is 23.4 Å². The zero-order chi connectivity index (χ0) is 16.7. The van der Waals surface area contributed by atoms with Crippen LogP contribution in [0.15, 0.2) is 42.5 Å². The van der Waals surface area contributed by atoms with Crippen LogP contribution in [0.4, 0.5) is 5.69 Å². The van der Waals surface area contributed by atoms with E-state index in [-0.39, 0.29) is 5.91 Å². The number of rotatable bonds is 7. The first-order valence-corrected chi connectivity index (χ1v) is 8.84. The van der Waals surface area contributed by atoms with Crippen LogP contribution < -0.4 is 10.1 Å². The van der Waals surface area contributed by atoms with E-state index in [1.807, 2.05) is 56.3 Å². The van der Waals surface area contributed by atoms with Gasteiger partial charge in [-0.05, 0) is 56.2 Å². The van der Waals surface area contributed by atoms with Crippen molar-refractivity contribution >= 4 is 23.4 Å². The topological polar surface area (TPSA) is 38.3 Å². The number of carbonyl (C=O) groups is 1. The Morgan fingerprint density at radius 2 is 1.78 bits per heavy atom. The van der Waals surface area contributed by atoms with E-state index in [9.17, 15) is 4.79 Å². The maximum Gasteiger partial charge on any atom is 0.234 e. The maximum atomic E-state index is 11.9. The predicted octanol–water partition coefficient (Wildman–Crippen LogP) is 4.36. The highest BCUT2D eigenvalue weighted by molar-refractivity contribution is 7.99. The molecule has 122 valence electrons. The zero-order valence-electron chi connectivity index (χ0n) is 13.9. The summed E-state index contributed by atoms with van der Waals surface area (Å²) in [7, 11) is 0. The van der Waals surface area contributed by atoms with Crippen molar-refractivity contribution in [3.63, 3.8) is 0 Å². The smallest absolute Gasteiger partial charge is 0.234 e. The van der Waals surface area contributed by atoms with Gasteiger partial charge >= 0.3 is 0 Å². The first-order chi connectivity index (χ1) is 11.0. The minimum atomic E-state index is 0.0218. The summed E-state index contributed by atoms with van der Waals surface area (Å²) in [5, 5.41) is 2.92. The normalized spacial score (nSPS) is 10.4. The number of amides is 1. The molecule has 0 fully saturated rings. The number of nitrogens with one attached hydrogen (secondary N) is 1. The molecule has 1 amide bonds. The Labute approximate surface area is 142 Å². The molecule has 0 aliphatic carbocycles. The Bertz CT molecular complexity index is 653. The molecule has 23 heavy (non-hydrogen) atoms. The van der Waals surface area contributed by atoms with Crippen molar-refractivity contribution in [2.24, 2.45) is 0 Å². The molecular weight excluding hydrogens is 306 g/mol. The highest BCUT2D eigenvalue weighted by Gasteiger charge is 2.04. The van der Waals surface area contributed by atoms with Crippen molar-refractivity contribution in [3.8, 4) is 5.75 Å². The number of hydrogen-bond donors (Lipinski definition) is 1. The summed E-state index contributed by atoms with van der Waals surface area (Å²) in [6.07, 6.45) is 0. The van der Waals surface area contributed by atoms with Crippen LogP contribution in [0.3, 0.4) is 0 Å².